The Balaban J connectivity index is 3.27. The summed E-state index contributed by atoms with van der Waals surface area (Å²) in [4.78, 5) is 0. The van der Waals surface area contributed by atoms with Crippen molar-refractivity contribution in [3.63, 3.8) is 0 Å². The molecule has 0 saturated heterocycles. The smallest absolute Gasteiger partial charge is 0.203 e. The van der Waals surface area contributed by atoms with Crippen LogP contribution in [0.3, 0.4) is 0 Å². The van der Waals surface area contributed by atoms with Gasteiger partial charge in [-0.15, -0.1) is 0 Å². The zero-order chi connectivity index (χ0) is 17.7. The molecule has 0 aromatic heterocycles. The third kappa shape index (κ3) is 2.36. The number of rotatable bonds is 1. The van der Waals surface area contributed by atoms with Gasteiger partial charge in [-0.25, -0.2) is 26.3 Å². The van der Waals surface area contributed by atoms with E-state index >= 15 is 0 Å². The summed E-state index contributed by atoms with van der Waals surface area (Å²) in [5.41, 5.74) is -3.97. The summed E-state index contributed by atoms with van der Waals surface area (Å²) >= 11 is 0. The number of halogens is 9. The van der Waals surface area contributed by atoms with Crippen LogP contribution in [0.4, 0.5) is 39.5 Å². The Morgan fingerprint density at radius 2 is 1.17 bits per heavy atom. The lowest BCUT2D eigenvalue weighted by molar-refractivity contribution is -0.139. The summed E-state index contributed by atoms with van der Waals surface area (Å²) in [6.07, 6.45) is -6.93. The Hall–Kier alpha value is -2.44. The maximum atomic E-state index is 13.8. The lowest BCUT2D eigenvalue weighted by Gasteiger charge is -2.17. The molecule has 0 bridgehead atoms. The lowest BCUT2D eigenvalue weighted by atomic mass is 9.95. The average molecular weight is 343 g/mol. The first kappa shape index (κ1) is 16.9. The molecular formula is C13H2F9N. The molecule has 0 saturated carbocycles. The minimum atomic E-state index is -5.73. The molecule has 2 aromatic carbocycles. The van der Waals surface area contributed by atoms with Crippen LogP contribution < -0.4 is 0 Å². The molecule has 0 amide bonds. The predicted molar refractivity (Wildman–Crippen MR) is 58.0 cm³/mol. The monoisotopic (exact) mass is 343 g/mol. The van der Waals surface area contributed by atoms with E-state index in [-0.39, 0.29) is 0 Å². The van der Waals surface area contributed by atoms with E-state index in [4.69, 9.17) is 5.26 Å². The number of nitriles is 1. The Morgan fingerprint density at radius 3 is 1.61 bits per heavy atom. The van der Waals surface area contributed by atoms with Crippen molar-refractivity contribution in [3.8, 4) is 6.07 Å². The van der Waals surface area contributed by atoms with Crippen molar-refractivity contribution < 1.29 is 39.5 Å². The molecule has 10 heteroatoms. The van der Waals surface area contributed by atoms with Crippen molar-refractivity contribution in [2.75, 3.05) is 0 Å². The molecule has 0 N–H and O–H groups in total. The molecule has 0 spiro atoms. The van der Waals surface area contributed by atoms with Gasteiger partial charge in [0.1, 0.15) is 5.56 Å². The summed E-state index contributed by atoms with van der Waals surface area (Å²) in [6, 6.07) is 1.19. The largest absolute Gasteiger partial charge is 0.420 e. The van der Waals surface area contributed by atoms with Crippen molar-refractivity contribution in [1.29, 1.82) is 5.26 Å². The standard InChI is InChI=1S/C13H2F9N/c14-7-3(1-2-23)4-5(6(10(7)17)13(20,21)22)9(16)12(19)11(18)8(4)15/h1H2. The van der Waals surface area contributed by atoms with E-state index in [0.29, 0.717) is 0 Å². The summed E-state index contributed by atoms with van der Waals surface area (Å²) in [5.74, 6) is -14.9. The van der Waals surface area contributed by atoms with Crippen LogP contribution in [0, 0.1) is 46.2 Å². The first-order valence-corrected chi connectivity index (χ1v) is 5.63. The van der Waals surface area contributed by atoms with Crippen molar-refractivity contribution in [2.45, 2.75) is 12.6 Å². The first-order valence-electron chi connectivity index (χ1n) is 5.63. The van der Waals surface area contributed by atoms with Crippen LogP contribution >= 0.6 is 0 Å². The molecule has 2 rings (SSSR count). The normalized spacial score (nSPS) is 11.8. The van der Waals surface area contributed by atoms with Gasteiger partial charge >= 0.3 is 6.18 Å². The Labute approximate surface area is 121 Å². The minimum Gasteiger partial charge on any atom is -0.203 e. The molecule has 23 heavy (non-hydrogen) atoms. The van der Waals surface area contributed by atoms with E-state index in [2.05, 4.69) is 0 Å². The van der Waals surface area contributed by atoms with Gasteiger partial charge in [-0.1, -0.05) is 0 Å². The Kier molecular flexibility index (Phi) is 3.92. The lowest BCUT2D eigenvalue weighted by Crippen LogP contribution is -2.16. The summed E-state index contributed by atoms with van der Waals surface area (Å²) in [6.45, 7) is 0. The number of alkyl halides is 3. The van der Waals surface area contributed by atoms with Crippen LogP contribution in [-0.4, -0.2) is 0 Å². The van der Waals surface area contributed by atoms with Gasteiger partial charge in [0, 0.05) is 16.3 Å². The van der Waals surface area contributed by atoms with E-state index < -0.39 is 69.4 Å². The molecule has 0 aliphatic heterocycles. The Morgan fingerprint density at radius 1 is 0.696 bits per heavy atom. The predicted octanol–water partition coefficient (Wildman–Crippen LogP) is 4.76. The summed E-state index contributed by atoms with van der Waals surface area (Å²) in [5, 5.41) is 4.77. The molecule has 0 heterocycles. The molecular weight excluding hydrogens is 341 g/mol. The summed E-state index contributed by atoms with van der Waals surface area (Å²) < 4.78 is 120. The maximum Gasteiger partial charge on any atom is 0.420 e. The van der Waals surface area contributed by atoms with Crippen molar-refractivity contribution in [2.24, 2.45) is 0 Å². The van der Waals surface area contributed by atoms with Gasteiger partial charge in [0.2, 0.25) is 0 Å². The quantitative estimate of drug-likeness (QED) is 0.416. The minimum absolute atomic E-state index is 1.19. The second-order valence-corrected chi connectivity index (χ2v) is 4.32. The fourth-order valence-electron chi connectivity index (χ4n) is 2.12. The fourth-order valence-corrected chi connectivity index (χ4v) is 2.12. The van der Waals surface area contributed by atoms with Gasteiger partial charge in [0.15, 0.2) is 34.9 Å². The number of nitrogens with zero attached hydrogens (tertiary/aromatic N) is 1. The highest BCUT2D eigenvalue weighted by Crippen LogP contribution is 2.42. The van der Waals surface area contributed by atoms with Gasteiger partial charge in [-0.05, 0) is 0 Å². The van der Waals surface area contributed by atoms with E-state index in [9.17, 15) is 39.5 Å². The van der Waals surface area contributed by atoms with Gasteiger partial charge < -0.3 is 0 Å². The van der Waals surface area contributed by atoms with Crippen LogP contribution in [0.5, 0.6) is 0 Å². The highest BCUT2D eigenvalue weighted by molar-refractivity contribution is 5.91. The van der Waals surface area contributed by atoms with Gasteiger partial charge in [-0.3, -0.25) is 0 Å². The average Bonchev–Trinajstić information content (AvgIpc) is 2.46. The molecule has 2 aromatic rings. The fraction of sp³-hybridized carbons (Fsp3) is 0.154. The zero-order valence-electron chi connectivity index (χ0n) is 10.6. The number of hydrogen-bond acceptors (Lipinski definition) is 1. The van der Waals surface area contributed by atoms with Crippen LogP contribution in [0.15, 0.2) is 0 Å². The molecule has 0 atom stereocenters. The Bertz CT molecular complexity index is 861. The molecule has 0 unspecified atom stereocenters. The van der Waals surface area contributed by atoms with E-state index in [1.807, 2.05) is 0 Å². The molecule has 0 aliphatic carbocycles. The van der Waals surface area contributed by atoms with Crippen molar-refractivity contribution in [1.82, 2.24) is 0 Å². The van der Waals surface area contributed by atoms with Gasteiger partial charge in [0.25, 0.3) is 0 Å². The topological polar surface area (TPSA) is 23.8 Å². The van der Waals surface area contributed by atoms with Crippen LogP contribution in [0.1, 0.15) is 11.1 Å². The molecule has 0 fully saturated rings. The van der Waals surface area contributed by atoms with Crippen molar-refractivity contribution in [3.05, 3.63) is 46.0 Å². The molecule has 1 nitrogen and oxygen atoms in total. The number of hydrogen-bond donors (Lipinski definition) is 0. The summed E-state index contributed by atoms with van der Waals surface area (Å²) in [7, 11) is 0. The third-order valence-corrected chi connectivity index (χ3v) is 3.04. The van der Waals surface area contributed by atoms with Crippen LogP contribution in [-0.2, 0) is 12.6 Å². The zero-order valence-corrected chi connectivity index (χ0v) is 10.6. The second kappa shape index (κ2) is 5.33. The highest BCUT2D eigenvalue weighted by atomic mass is 19.4. The van der Waals surface area contributed by atoms with Crippen molar-refractivity contribution >= 4 is 10.8 Å². The molecule has 0 aliphatic rings. The maximum absolute atomic E-state index is 13.8. The molecule has 122 valence electrons. The highest BCUT2D eigenvalue weighted by Gasteiger charge is 2.42. The van der Waals surface area contributed by atoms with Crippen LogP contribution in [0.25, 0.3) is 10.8 Å². The molecule has 0 radical (unpaired) electrons. The SMILES string of the molecule is N#CCc1c(F)c(F)c(C(F)(F)F)c2c(F)c(F)c(F)c(F)c12. The first-order chi connectivity index (χ1) is 10.5. The van der Waals surface area contributed by atoms with Gasteiger partial charge in [0.05, 0.1) is 12.5 Å². The van der Waals surface area contributed by atoms with E-state index in [0.717, 1.165) is 0 Å². The second-order valence-electron chi connectivity index (χ2n) is 4.32. The number of fused-ring (bicyclic) bond motifs is 1. The van der Waals surface area contributed by atoms with E-state index in [1.54, 1.807) is 0 Å². The van der Waals surface area contributed by atoms with E-state index in [1.165, 1.54) is 6.07 Å². The van der Waals surface area contributed by atoms with Crippen LogP contribution in [0.2, 0.25) is 0 Å². The van der Waals surface area contributed by atoms with Gasteiger partial charge in [-0.2, -0.15) is 18.4 Å². The number of benzene rings is 2. The third-order valence-electron chi connectivity index (χ3n) is 3.04.